The van der Waals surface area contributed by atoms with Crippen molar-refractivity contribution >= 4 is 31.7 Å². The number of sulfone groups is 1. The molecule has 2 aromatic carbocycles. The van der Waals surface area contributed by atoms with Gasteiger partial charge in [-0.15, -0.1) is 0 Å². The number of nitrogens with zero attached hydrogens (tertiary/aromatic N) is 2. The molecule has 0 saturated carbocycles. The summed E-state index contributed by atoms with van der Waals surface area (Å²) in [5.74, 6) is 0.442. The Morgan fingerprint density at radius 2 is 1.81 bits per heavy atom. The van der Waals surface area contributed by atoms with Gasteiger partial charge in [-0.3, -0.25) is 4.90 Å². The van der Waals surface area contributed by atoms with Crippen LogP contribution in [0.2, 0.25) is 0 Å². The number of morpholine rings is 1. The molecule has 0 unspecified atom stereocenters. The minimum atomic E-state index is -3.86. The van der Waals surface area contributed by atoms with Gasteiger partial charge >= 0.3 is 0 Å². The van der Waals surface area contributed by atoms with Crippen LogP contribution in [0.3, 0.4) is 0 Å². The average molecular weight is 506 g/mol. The molecule has 31 heavy (non-hydrogen) atoms. The van der Waals surface area contributed by atoms with Crippen molar-refractivity contribution in [3.63, 3.8) is 0 Å². The van der Waals surface area contributed by atoms with E-state index in [-0.39, 0.29) is 21.7 Å². The van der Waals surface area contributed by atoms with Crippen molar-refractivity contribution in [1.82, 2.24) is 9.88 Å². The van der Waals surface area contributed by atoms with E-state index in [9.17, 15) is 8.42 Å². The molecule has 0 radical (unpaired) electrons. The Bertz CT molecular complexity index is 1140. The summed E-state index contributed by atoms with van der Waals surface area (Å²) in [7, 11) is -3.86. The standard InChI is InChI=1S/C22H24BrN3O4S/c1-16-4-2-3-5-19(16)20-25-22(31(27,28)18-8-6-17(23)7-9-18)21(30-20)24-10-11-26-12-14-29-15-13-26/h2-9,24H,10-15H2,1H3. The molecule has 1 saturated heterocycles. The average Bonchev–Trinajstić information content (AvgIpc) is 3.20. The van der Waals surface area contributed by atoms with Gasteiger partial charge in [-0.2, -0.15) is 4.98 Å². The summed E-state index contributed by atoms with van der Waals surface area (Å²) < 4.78 is 38.8. The highest BCUT2D eigenvalue weighted by atomic mass is 79.9. The number of rotatable bonds is 7. The first-order valence-corrected chi connectivity index (χ1v) is 12.3. The lowest BCUT2D eigenvalue weighted by Gasteiger charge is -2.26. The molecule has 0 spiro atoms. The lowest BCUT2D eigenvalue weighted by molar-refractivity contribution is 0.0398. The van der Waals surface area contributed by atoms with Crippen molar-refractivity contribution < 1.29 is 17.6 Å². The topological polar surface area (TPSA) is 84.7 Å². The summed E-state index contributed by atoms with van der Waals surface area (Å²) in [6.45, 7) is 6.36. The van der Waals surface area contributed by atoms with Crippen LogP contribution < -0.4 is 5.32 Å². The van der Waals surface area contributed by atoms with E-state index >= 15 is 0 Å². The second-order valence-electron chi connectivity index (χ2n) is 7.31. The van der Waals surface area contributed by atoms with Crippen LogP contribution in [0.25, 0.3) is 11.5 Å². The van der Waals surface area contributed by atoms with Crippen LogP contribution in [0.1, 0.15) is 5.56 Å². The second-order valence-corrected chi connectivity index (χ2v) is 10.1. The van der Waals surface area contributed by atoms with Crippen LogP contribution in [-0.2, 0) is 14.6 Å². The molecule has 0 bridgehead atoms. The number of halogens is 1. The lowest BCUT2D eigenvalue weighted by atomic mass is 10.1. The predicted octanol–water partition coefficient (Wildman–Crippen LogP) is 3.99. The highest BCUT2D eigenvalue weighted by Crippen LogP contribution is 2.33. The van der Waals surface area contributed by atoms with Crippen molar-refractivity contribution in [2.75, 3.05) is 44.7 Å². The molecule has 2 heterocycles. The minimum Gasteiger partial charge on any atom is -0.419 e. The predicted molar refractivity (Wildman–Crippen MR) is 122 cm³/mol. The number of hydrogen-bond acceptors (Lipinski definition) is 7. The van der Waals surface area contributed by atoms with E-state index in [4.69, 9.17) is 9.15 Å². The van der Waals surface area contributed by atoms with E-state index in [1.807, 2.05) is 31.2 Å². The maximum Gasteiger partial charge on any atom is 0.233 e. The Morgan fingerprint density at radius 3 is 2.52 bits per heavy atom. The first kappa shape index (κ1) is 22.0. The molecule has 1 aromatic heterocycles. The van der Waals surface area contributed by atoms with E-state index in [0.717, 1.165) is 35.2 Å². The van der Waals surface area contributed by atoms with Gasteiger partial charge in [0.05, 0.1) is 18.1 Å². The number of anilines is 1. The third-order valence-corrected chi connectivity index (χ3v) is 7.37. The molecular weight excluding hydrogens is 482 g/mol. The van der Waals surface area contributed by atoms with Crippen LogP contribution in [0.5, 0.6) is 0 Å². The highest BCUT2D eigenvalue weighted by Gasteiger charge is 2.29. The Hall–Kier alpha value is -2.20. The van der Waals surface area contributed by atoms with Crippen molar-refractivity contribution in [1.29, 1.82) is 0 Å². The highest BCUT2D eigenvalue weighted by molar-refractivity contribution is 9.10. The van der Waals surface area contributed by atoms with Gasteiger partial charge in [0.1, 0.15) is 0 Å². The second kappa shape index (κ2) is 9.52. The van der Waals surface area contributed by atoms with Crippen molar-refractivity contribution in [3.05, 3.63) is 58.6 Å². The van der Waals surface area contributed by atoms with Crippen LogP contribution in [-0.4, -0.2) is 57.7 Å². The maximum atomic E-state index is 13.4. The summed E-state index contributed by atoms with van der Waals surface area (Å²) >= 11 is 3.34. The molecule has 1 aliphatic heterocycles. The Kier molecular flexibility index (Phi) is 6.76. The van der Waals surface area contributed by atoms with Gasteiger partial charge in [-0.25, -0.2) is 8.42 Å². The van der Waals surface area contributed by atoms with E-state index in [0.29, 0.717) is 19.8 Å². The fraction of sp³-hybridized carbons (Fsp3) is 0.318. The quantitative estimate of drug-likeness (QED) is 0.519. The zero-order valence-corrected chi connectivity index (χ0v) is 19.6. The number of ether oxygens (including phenoxy) is 1. The zero-order chi connectivity index (χ0) is 21.8. The number of benzene rings is 2. The molecule has 7 nitrogen and oxygen atoms in total. The van der Waals surface area contributed by atoms with Gasteiger partial charge in [0.2, 0.25) is 26.6 Å². The summed E-state index contributed by atoms with van der Waals surface area (Å²) in [5.41, 5.74) is 1.71. The van der Waals surface area contributed by atoms with E-state index < -0.39 is 9.84 Å². The van der Waals surface area contributed by atoms with Gasteiger partial charge in [0.15, 0.2) is 0 Å². The summed E-state index contributed by atoms with van der Waals surface area (Å²) in [5, 5.41) is 3.06. The zero-order valence-electron chi connectivity index (χ0n) is 17.2. The van der Waals surface area contributed by atoms with Crippen LogP contribution in [0.4, 0.5) is 5.88 Å². The van der Waals surface area contributed by atoms with E-state index in [2.05, 4.69) is 31.1 Å². The van der Waals surface area contributed by atoms with Gasteiger partial charge in [-0.05, 0) is 42.8 Å². The third-order valence-electron chi connectivity index (χ3n) is 5.17. The van der Waals surface area contributed by atoms with Gasteiger partial charge in [-0.1, -0.05) is 34.1 Å². The first-order chi connectivity index (χ1) is 14.9. The largest absolute Gasteiger partial charge is 0.419 e. The van der Waals surface area contributed by atoms with Crippen LogP contribution >= 0.6 is 15.9 Å². The van der Waals surface area contributed by atoms with Crippen molar-refractivity contribution in [3.8, 4) is 11.5 Å². The fourth-order valence-corrected chi connectivity index (χ4v) is 4.95. The normalized spacial score (nSPS) is 15.2. The molecular formula is C22H24BrN3O4S. The number of hydrogen-bond donors (Lipinski definition) is 1. The third kappa shape index (κ3) is 5.01. The van der Waals surface area contributed by atoms with Gasteiger partial charge in [0.25, 0.3) is 0 Å². The molecule has 0 atom stereocenters. The number of oxazole rings is 1. The molecule has 0 amide bonds. The van der Waals surface area contributed by atoms with Gasteiger partial charge < -0.3 is 14.5 Å². The molecule has 164 valence electrons. The number of nitrogens with one attached hydrogen (secondary N) is 1. The Morgan fingerprint density at radius 1 is 1.10 bits per heavy atom. The summed E-state index contributed by atoms with van der Waals surface area (Å²) in [4.78, 5) is 6.84. The van der Waals surface area contributed by atoms with E-state index in [1.54, 1.807) is 24.3 Å². The molecule has 1 aliphatic rings. The molecule has 9 heteroatoms. The smallest absolute Gasteiger partial charge is 0.233 e. The molecule has 1 N–H and O–H groups in total. The fourth-order valence-electron chi connectivity index (χ4n) is 3.41. The monoisotopic (exact) mass is 505 g/mol. The number of aryl methyl sites for hydroxylation is 1. The maximum absolute atomic E-state index is 13.4. The van der Waals surface area contributed by atoms with Crippen molar-refractivity contribution in [2.24, 2.45) is 0 Å². The molecule has 3 aromatic rings. The van der Waals surface area contributed by atoms with Crippen molar-refractivity contribution in [2.45, 2.75) is 16.8 Å². The molecule has 4 rings (SSSR count). The SMILES string of the molecule is Cc1ccccc1-c1nc(S(=O)(=O)c2ccc(Br)cc2)c(NCCN2CCOCC2)o1. The lowest BCUT2D eigenvalue weighted by Crippen LogP contribution is -2.39. The minimum absolute atomic E-state index is 0.102. The first-order valence-electron chi connectivity index (χ1n) is 10.1. The molecule has 1 fully saturated rings. The Labute approximate surface area is 190 Å². The number of aromatic nitrogens is 1. The summed E-state index contributed by atoms with van der Waals surface area (Å²) in [6.07, 6.45) is 0. The van der Waals surface area contributed by atoms with Crippen LogP contribution in [0.15, 0.2) is 67.3 Å². The molecule has 0 aliphatic carbocycles. The Balaban J connectivity index is 1.66. The van der Waals surface area contributed by atoms with Gasteiger partial charge in [0, 0.05) is 36.2 Å². The van der Waals surface area contributed by atoms with E-state index in [1.165, 1.54) is 0 Å². The van der Waals surface area contributed by atoms with Crippen LogP contribution in [0, 0.1) is 6.92 Å². The summed E-state index contributed by atoms with van der Waals surface area (Å²) in [6, 6.07) is 14.1.